The molecule has 178 valence electrons. The third-order valence-corrected chi connectivity index (χ3v) is 4.63. The van der Waals surface area contributed by atoms with Crippen LogP contribution in [0.5, 0.6) is 0 Å². The summed E-state index contributed by atoms with van der Waals surface area (Å²) in [5.74, 6) is -1.81. The van der Waals surface area contributed by atoms with Gasteiger partial charge in [0, 0.05) is 23.4 Å². The topological polar surface area (TPSA) is 102 Å². The molecule has 0 spiro atoms. The smallest absolute Gasteiger partial charge is 0.434 e. The maximum absolute atomic E-state index is 13.7. The number of amides is 2. The van der Waals surface area contributed by atoms with E-state index >= 15 is 0 Å². The number of ether oxygens (including phenoxy) is 1. The summed E-state index contributed by atoms with van der Waals surface area (Å²) >= 11 is 0. The zero-order chi connectivity index (χ0) is 24.9. The second-order valence-electron chi connectivity index (χ2n) is 7.02. The number of nitrogens with one attached hydrogen (secondary N) is 2. The van der Waals surface area contributed by atoms with Crippen LogP contribution < -0.4 is 10.6 Å². The first-order valence-corrected chi connectivity index (χ1v) is 10.3. The van der Waals surface area contributed by atoms with Gasteiger partial charge in [-0.15, -0.1) is 0 Å². The Balaban J connectivity index is 1.82. The van der Waals surface area contributed by atoms with Crippen LogP contribution in [0, 0.1) is 0 Å². The van der Waals surface area contributed by atoms with Crippen LogP contribution in [-0.4, -0.2) is 34.2 Å². The van der Waals surface area contributed by atoms with E-state index in [1.165, 1.54) is 31.2 Å². The normalized spacial score (nSPS) is 11.1. The molecule has 2 amide bonds. The standard InChI is InChI=1S/C23H21F3N4O4/c1-3-19(31)28-15-6-5-7-16(12-15)29-21(32)14-8-10-17(11-9-14)30-20(23(24,25)26)18(13-27-30)22(33)34-4-2/h5-13H,3-4H2,1-2H3,(H,28,31)(H,29,32). The Morgan fingerprint density at radius 2 is 1.65 bits per heavy atom. The van der Waals surface area contributed by atoms with E-state index in [0.29, 0.717) is 22.5 Å². The highest BCUT2D eigenvalue weighted by atomic mass is 19.4. The Bertz CT molecular complexity index is 1200. The Hall–Kier alpha value is -4.15. The number of aromatic nitrogens is 2. The molecule has 0 aliphatic carbocycles. The first-order valence-electron chi connectivity index (χ1n) is 10.3. The molecule has 34 heavy (non-hydrogen) atoms. The predicted octanol–water partition coefficient (Wildman–Crippen LogP) is 4.67. The lowest BCUT2D eigenvalue weighted by molar-refractivity contribution is -0.143. The molecular weight excluding hydrogens is 453 g/mol. The van der Waals surface area contributed by atoms with E-state index in [0.717, 1.165) is 6.20 Å². The molecule has 0 radical (unpaired) electrons. The molecule has 0 saturated carbocycles. The van der Waals surface area contributed by atoms with Gasteiger partial charge < -0.3 is 15.4 Å². The summed E-state index contributed by atoms with van der Waals surface area (Å²) < 4.78 is 46.2. The average molecular weight is 474 g/mol. The number of carbonyl (C=O) groups is 3. The van der Waals surface area contributed by atoms with Crippen LogP contribution in [0.4, 0.5) is 24.5 Å². The van der Waals surface area contributed by atoms with Gasteiger partial charge in [-0.3, -0.25) is 9.59 Å². The number of anilines is 2. The van der Waals surface area contributed by atoms with Crippen molar-refractivity contribution in [3.8, 4) is 5.69 Å². The maximum atomic E-state index is 13.7. The van der Waals surface area contributed by atoms with E-state index in [2.05, 4.69) is 20.5 Å². The molecule has 0 fully saturated rings. The molecule has 0 aliphatic heterocycles. The summed E-state index contributed by atoms with van der Waals surface area (Å²) in [5, 5.41) is 9.04. The van der Waals surface area contributed by atoms with Gasteiger partial charge in [-0.05, 0) is 49.4 Å². The minimum absolute atomic E-state index is 0.00342. The molecule has 1 aromatic heterocycles. The van der Waals surface area contributed by atoms with Gasteiger partial charge in [0.15, 0.2) is 5.69 Å². The quantitative estimate of drug-likeness (QED) is 0.485. The van der Waals surface area contributed by atoms with Crippen molar-refractivity contribution in [2.24, 2.45) is 0 Å². The molecule has 8 nitrogen and oxygen atoms in total. The fraction of sp³-hybridized carbons (Fsp3) is 0.217. The second kappa shape index (κ2) is 10.2. The third-order valence-electron chi connectivity index (χ3n) is 4.63. The van der Waals surface area contributed by atoms with Crippen LogP contribution in [0.25, 0.3) is 5.69 Å². The number of rotatable bonds is 7. The number of halogens is 3. The molecule has 0 aliphatic rings. The molecule has 1 heterocycles. The highest BCUT2D eigenvalue weighted by Gasteiger charge is 2.41. The first kappa shape index (κ1) is 24.5. The van der Waals surface area contributed by atoms with E-state index < -0.39 is 29.3 Å². The molecule has 0 atom stereocenters. The van der Waals surface area contributed by atoms with E-state index in [4.69, 9.17) is 0 Å². The van der Waals surface area contributed by atoms with E-state index in [1.807, 2.05) is 0 Å². The van der Waals surface area contributed by atoms with Gasteiger partial charge in [-0.2, -0.15) is 18.3 Å². The van der Waals surface area contributed by atoms with E-state index in [9.17, 15) is 27.6 Å². The molecule has 0 bridgehead atoms. The fourth-order valence-corrected chi connectivity index (χ4v) is 3.06. The lowest BCUT2D eigenvalue weighted by atomic mass is 10.1. The average Bonchev–Trinajstić information content (AvgIpc) is 3.25. The molecular formula is C23H21F3N4O4. The monoisotopic (exact) mass is 474 g/mol. The number of benzene rings is 2. The summed E-state index contributed by atoms with van der Waals surface area (Å²) in [5.41, 5.74) is -0.855. The van der Waals surface area contributed by atoms with Crippen molar-refractivity contribution in [1.82, 2.24) is 9.78 Å². The highest BCUT2D eigenvalue weighted by Crippen LogP contribution is 2.34. The maximum Gasteiger partial charge on any atom is 0.434 e. The van der Waals surface area contributed by atoms with E-state index in [1.54, 1.807) is 31.2 Å². The Kier molecular flexibility index (Phi) is 7.34. The van der Waals surface area contributed by atoms with Crippen molar-refractivity contribution in [2.75, 3.05) is 17.2 Å². The minimum atomic E-state index is -4.87. The van der Waals surface area contributed by atoms with Gasteiger partial charge in [0.2, 0.25) is 5.91 Å². The van der Waals surface area contributed by atoms with Crippen LogP contribution in [-0.2, 0) is 15.7 Å². The molecule has 2 N–H and O–H groups in total. The number of alkyl halides is 3. The Labute approximate surface area is 192 Å². The summed E-state index contributed by atoms with van der Waals surface area (Å²) in [6.07, 6.45) is -3.77. The summed E-state index contributed by atoms with van der Waals surface area (Å²) in [7, 11) is 0. The highest BCUT2D eigenvalue weighted by molar-refractivity contribution is 6.04. The van der Waals surface area contributed by atoms with Crippen LogP contribution in [0.15, 0.2) is 54.7 Å². The summed E-state index contributed by atoms with van der Waals surface area (Å²) in [6, 6.07) is 11.8. The van der Waals surface area contributed by atoms with Gasteiger partial charge in [0.25, 0.3) is 5.91 Å². The molecule has 0 saturated heterocycles. The number of hydrogen-bond donors (Lipinski definition) is 2. The summed E-state index contributed by atoms with van der Waals surface area (Å²) in [4.78, 5) is 36.0. The Morgan fingerprint density at radius 1 is 1.00 bits per heavy atom. The van der Waals surface area contributed by atoms with Crippen molar-refractivity contribution >= 4 is 29.2 Å². The zero-order valence-electron chi connectivity index (χ0n) is 18.3. The molecule has 0 unspecified atom stereocenters. The lowest BCUT2D eigenvalue weighted by Gasteiger charge is -2.13. The van der Waals surface area contributed by atoms with Crippen molar-refractivity contribution in [2.45, 2.75) is 26.4 Å². The van der Waals surface area contributed by atoms with Crippen LogP contribution in [0.3, 0.4) is 0 Å². The molecule has 2 aromatic carbocycles. The van der Waals surface area contributed by atoms with Gasteiger partial charge in [0.05, 0.1) is 18.5 Å². The molecule has 3 rings (SSSR count). The predicted molar refractivity (Wildman–Crippen MR) is 118 cm³/mol. The third kappa shape index (κ3) is 5.61. The van der Waals surface area contributed by atoms with Crippen LogP contribution >= 0.6 is 0 Å². The SMILES string of the molecule is CCOC(=O)c1cnn(-c2ccc(C(=O)Nc3cccc(NC(=O)CC)c3)cc2)c1C(F)(F)F. The Morgan fingerprint density at radius 3 is 2.24 bits per heavy atom. The molecule has 11 heteroatoms. The van der Waals surface area contributed by atoms with Crippen LogP contribution in [0.1, 0.15) is 46.7 Å². The number of hydrogen-bond acceptors (Lipinski definition) is 5. The largest absolute Gasteiger partial charge is 0.462 e. The zero-order valence-corrected chi connectivity index (χ0v) is 18.3. The number of esters is 1. The molecule has 3 aromatic rings. The van der Waals surface area contributed by atoms with Gasteiger partial charge >= 0.3 is 12.1 Å². The van der Waals surface area contributed by atoms with E-state index in [-0.39, 0.29) is 23.8 Å². The van der Waals surface area contributed by atoms with Gasteiger partial charge in [-0.25, -0.2) is 9.48 Å². The number of nitrogens with zero attached hydrogens (tertiary/aromatic N) is 2. The van der Waals surface area contributed by atoms with Crippen molar-refractivity contribution in [3.63, 3.8) is 0 Å². The second-order valence-corrected chi connectivity index (χ2v) is 7.02. The van der Waals surface area contributed by atoms with Crippen LogP contribution in [0.2, 0.25) is 0 Å². The lowest BCUT2D eigenvalue weighted by Crippen LogP contribution is -2.18. The van der Waals surface area contributed by atoms with Crippen molar-refractivity contribution < 1.29 is 32.3 Å². The van der Waals surface area contributed by atoms with Gasteiger partial charge in [0.1, 0.15) is 5.56 Å². The van der Waals surface area contributed by atoms with Gasteiger partial charge in [-0.1, -0.05) is 13.0 Å². The number of carbonyl (C=O) groups excluding carboxylic acids is 3. The first-order chi connectivity index (χ1) is 16.1. The fourth-order valence-electron chi connectivity index (χ4n) is 3.06. The summed E-state index contributed by atoms with van der Waals surface area (Å²) in [6.45, 7) is 3.11. The van der Waals surface area contributed by atoms with Crippen molar-refractivity contribution in [3.05, 3.63) is 71.5 Å². The minimum Gasteiger partial charge on any atom is -0.462 e. The van der Waals surface area contributed by atoms with Crippen molar-refractivity contribution in [1.29, 1.82) is 0 Å².